The molecule has 1 aliphatic rings. The minimum atomic E-state index is -0.779. The van der Waals surface area contributed by atoms with Crippen molar-refractivity contribution in [1.82, 2.24) is 15.1 Å². The van der Waals surface area contributed by atoms with E-state index in [2.05, 4.69) is 15.1 Å². The molecular formula is C17H15ClN4O3. The van der Waals surface area contributed by atoms with Crippen LogP contribution in [-0.2, 0) is 4.79 Å². The first kappa shape index (κ1) is 15.8. The highest BCUT2D eigenvalue weighted by Gasteiger charge is 2.29. The van der Waals surface area contributed by atoms with Crippen molar-refractivity contribution in [3.8, 4) is 11.3 Å². The van der Waals surface area contributed by atoms with Crippen molar-refractivity contribution < 1.29 is 14.4 Å². The first-order valence-electron chi connectivity index (χ1n) is 7.97. The van der Waals surface area contributed by atoms with Crippen LogP contribution in [0, 0.1) is 5.92 Å². The highest BCUT2D eigenvalue weighted by molar-refractivity contribution is 6.30. The number of hydrogen-bond donors (Lipinski definition) is 1. The van der Waals surface area contributed by atoms with Crippen molar-refractivity contribution in [3.05, 3.63) is 35.6 Å². The Morgan fingerprint density at radius 2 is 2.08 bits per heavy atom. The first-order valence-corrected chi connectivity index (χ1v) is 8.35. The molecule has 1 aromatic carbocycles. The zero-order chi connectivity index (χ0) is 17.4. The second kappa shape index (κ2) is 6.33. The van der Waals surface area contributed by atoms with Gasteiger partial charge in [0, 0.05) is 23.7 Å². The maximum Gasteiger partial charge on any atom is 0.308 e. The summed E-state index contributed by atoms with van der Waals surface area (Å²) in [6.07, 6.45) is 2.89. The topological polar surface area (TPSA) is 92.3 Å². The van der Waals surface area contributed by atoms with Gasteiger partial charge in [0.05, 0.1) is 5.92 Å². The zero-order valence-electron chi connectivity index (χ0n) is 13.2. The molecule has 25 heavy (non-hydrogen) atoms. The number of nitrogens with zero attached hydrogens (tertiary/aromatic N) is 4. The number of carboxylic acid groups (broad SMARTS) is 1. The van der Waals surface area contributed by atoms with Gasteiger partial charge in [-0.15, -0.1) is 0 Å². The molecule has 4 rings (SSSR count). The molecule has 0 saturated carbocycles. The van der Waals surface area contributed by atoms with Crippen LogP contribution in [0.2, 0.25) is 5.02 Å². The summed E-state index contributed by atoms with van der Waals surface area (Å²) in [6.45, 7) is 1.15. The van der Waals surface area contributed by atoms with E-state index in [0.29, 0.717) is 40.6 Å². The molecule has 3 aromatic rings. The molecule has 128 valence electrons. The Morgan fingerprint density at radius 1 is 1.28 bits per heavy atom. The van der Waals surface area contributed by atoms with Gasteiger partial charge in [0.2, 0.25) is 0 Å². The largest absolute Gasteiger partial charge is 0.481 e. The van der Waals surface area contributed by atoms with E-state index < -0.39 is 11.9 Å². The van der Waals surface area contributed by atoms with E-state index in [1.165, 1.54) is 6.33 Å². The number of benzene rings is 1. The fraction of sp³-hybridized carbons (Fsp3) is 0.294. The van der Waals surface area contributed by atoms with E-state index in [-0.39, 0.29) is 0 Å². The third-order valence-corrected chi connectivity index (χ3v) is 4.69. The Morgan fingerprint density at radius 3 is 2.84 bits per heavy atom. The molecule has 0 amide bonds. The smallest absolute Gasteiger partial charge is 0.308 e. The van der Waals surface area contributed by atoms with E-state index in [9.17, 15) is 9.90 Å². The molecule has 1 fully saturated rings. The molecule has 1 aliphatic heterocycles. The lowest BCUT2D eigenvalue weighted by molar-refractivity contribution is -0.141. The Hall–Kier alpha value is -2.67. The van der Waals surface area contributed by atoms with Crippen LogP contribution in [0.25, 0.3) is 22.4 Å². The van der Waals surface area contributed by atoms with Crippen molar-refractivity contribution in [2.45, 2.75) is 12.8 Å². The van der Waals surface area contributed by atoms with Crippen molar-refractivity contribution in [1.29, 1.82) is 0 Å². The van der Waals surface area contributed by atoms with E-state index in [4.69, 9.17) is 16.1 Å². The molecule has 3 heterocycles. The third-order valence-electron chi connectivity index (χ3n) is 4.44. The second-order valence-corrected chi connectivity index (χ2v) is 6.48. The highest BCUT2D eigenvalue weighted by atomic mass is 35.5. The lowest BCUT2D eigenvalue weighted by atomic mass is 9.98. The average molecular weight is 359 g/mol. The fourth-order valence-corrected chi connectivity index (χ4v) is 3.31. The van der Waals surface area contributed by atoms with Crippen LogP contribution >= 0.6 is 11.6 Å². The van der Waals surface area contributed by atoms with Crippen LogP contribution in [0.4, 0.5) is 5.82 Å². The Bertz CT molecular complexity index is 925. The van der Waals surface area contributed by atoms with Gasteiger partial charge in [-0.1, -0.05) is 28.9 Å². The normalized spacial score (nSPS) is 17.8. The van der Waals surface area contributed by atoms with E-state index in [1.54, 1.807) is 12.1 Å². The number of aromatic nitrogens is 3. The number of piperidine rings is 1. The van der Waals surface area contributed by atoms with Crippen molar-refractivity contribution in [2.75, 3.05) is 18.0 Å². The molecule has 0 bridgehead atoms. The lowest BCUT2D eigenvalue weighted by Crippen LogP contribution is -2.39. The van der Waals surface area contributed by atoms with Crippen LogP contribution < -0.4 is 4.90 Å². The quantitative estimate of drug-likeness (QED) is 0.768. The number of carbonyl (C=O) groups is 1. The highest BCUT2D eigenvalue weighted by Crippen LogP contribution is 2.35. The van der Waals surface area contributed by atoms with Gasteiger partial charge in [-0.05, 0) is 25.0 Å². The first-order chi connectivity index (χ1) is 12.1. The monoisotopic (exact) mass is 358 g/mol. The number of anilines is 1. The summed E-state index contributed by atoms with van der Waals surface area (Å²) in [6, 6.07) is 7.27. The summed E-state index contributed by atoms with van der Waals surface area (Å²) in [4.78, 5) is 21.9. The van der Waals surface area contributed by atoms with Crippen LogP contribution in [0.1, 0.15) is 12.8 Å². The van der Waals surface area contributed by atoms with Crippen molar-refractivity contribution in [3.63, 3.8) is 0 Å². The summed E-state index contributed by atoms with van der Waals surface area (Å²) in [7, 11) is 0. The predicted molar refractivity (Wildman–Crippen MR) is 92.6 cm³/mol. The molecule has 0 radical (unpaired) electrons. The van der Waals surface area contributed by atoms with Crippen LogP contribution in [0.5, 0.6) is 0 Å². The Balaban J connectivity index is 1.80. The van der Waals surface area contributed by atoms with Crippen LogP contribution in [0.3, 0.4) is 0 Å². The molecule has 1 saturated heterocycles. The van der Waals surface area contributed by atoms with Gasteiger partial charge in [0.15, 0.2) is 0 Å². The van der Waals surface area contributed by atoms with E-state index in [0.717, 1.165) is 18.5 Å². The molecule has 8 heteroatoms. The number of fused-ring (bicyclic) bond motifs is 1. The summed E-state index contributed by atoms with van der Waals surface area (Å²) in [5, 5.41) is 14.8. The number of halogens is 1. The van der Waals surface area contributed by atoms with Crippen molar-refractivity contribution >= 4 is 34.5 Å². The Kier molecular flexibility index (Phi) is 4.01. The maximum absolute atomic E-state index is 11.4. The minimum absolute atomic E-state index is 0.382. The lowest BCUT2D eigenvalue weighted by Gasteiger charge is -2.31. The SMILES string of the molecule is O=C(O)C1CCCN(c2ncnc3onc(-c4ccc(Cl)cc4)c23)C1. The molecule has 1 atom stereocenters. The average Bonchev–Trinajstić information content (AvgIpc) is 3.06. The summed E-state index contributed by atoms with van der Waals surface area (Å²) < 4.78 is 5.36. The van der Waals surface area contributed by atoms with Gasteiger partial charge < -0.3 is 14.5 Å². The van der Waals surface area contributed by atoms with E-state index >= 15 is 0 Å². The number of aliphatic carboxylic acids is 1. The molecule has 2 aromatic heterocycles. The minimum Gasteiger partial charge on any atom is -0.481 e. The second-order valence-electron chi connectivity index (χ2n) is 6.04. The van der Waals surface area contributed by atoms with Crippen LogP contribution in [0.15, 0.2) is 35.1 Å². The summed E-state index contributed by atoms with van der Waals surface area (Å²) in [5.74, 6) is -0.530. The van der Waals surface area contributed by atoms with Crippen LogP contribution in [-0.4, -0.2) is 39.3 Å². The summed E-state index contributed by atoms with van der Waals surface area (Å²) in [5.41, 5.74) is 1.85. The van der Waals surface area contributed by atoms with Gasteiger partial charge in [0.25, 0.3) is 5.71 Å². The molecule has 7 nitrogen and oxygen atoms in total. The van der Waals surface area contributed by atoms with Gasteiger partial charge in [-0.25, -0.2) is 4.98 Å². The molecule has 1 N–H and O–H groups in total. The number of carboxylic acids is 1. The van der Waals surface area contributed by atoms with E-state index in [1.807, 2.05) is 17.0 Å². The van der Waals surface area contributed by atoms with Gasteiger partial charge in [-0.3, -0.25) is 4.79 Å². The number of hydrogen-bond acceptors (Lipinski definition) is 6. The standard InChI is InChI=1S/C17H15ClN4O3/c18-12-5-3-10(4-6-12)14-13-15(19-9-20-16(13)25-21-14)22-7-1-2-11(8-22)17(23)24/h3-6,9,11H,1-2,7-8H2,(H,23,24). The third kappa shape index (κ3) is 2.91. The molecule has 0 aliphatic carbocycles. The van der Waals surface area contributed by atoms with Gasteiger partial charge in [0.1, 0.15) is 23.2 Å². The van der Waals surface area contributed by atoms with Gasteiger partial charge >= 0.3 is 5.97 Å². The maximum atomic E-state index is 11.4. The predicted octanol–water partition coefficient (Wildman–Crippen LogP) is 3.24. The zero-order valence-corrected chi connectivity index (χ0v) is 14.0. The van der Waals surface area contributed by atoms with Gasteiger partial charge in [-0.2, -0.15) is 4.98 Å². The molecular weight excluding hydrogens is 344 g/mol. The molecule has 0 spiro atoms. The van der Waals surface area contributed by atoms with Crippen molar-refractivity contribution in [2.24, 2.45) is 5.92 Å². The Labute approximate surface area is 148 Å². The molecule has 1 unspecified atom stereocenters. The summed E-state index contributed by atoms with van der Waals surface area (Å²) >= 11 is 5.96. The number of rotatable bonds is 3. The fourth-order valence-electron chi connectivity index (χ4n) is 3.19.